The molecule has 0 aromatic rings. The van der Waals surface area contributed by atoms with Crippen LogP contribution in [0.3, 0.4) is 0 Å². The largest absolute Gasteiger partial charge is 0.345 e. The molecule has 4 heterocycles. The Morgan fingerprint density at radius 3 is 2.78 bits per heavy atom. The van der Waals surface area contributed by atoms with E-state index in [2.05, 4.69) is 20.8 Å². The zero-order valence-electron chi connectivity index (χ0n) is 18.6. The number of rotatable bonds is 5. The third-order valence-electron chi connectivity index (χ3n) is 7.08. The standard InChI is InChI=1S/C23H29F2N5O2/c1-13-4-18(14-5-17(10-27-7-14)32-22(24)25)29-19-11-30(21(31)20(13)19)16-6-15(8-28-9-16)23(2,3)12-26/h5,7-8,13,15-18,20,22H,4,6,9-11H2,1-3H3. The number of likely N-dealkylation sites (tertiary alicyclic amines) is 1. The van der Waals surface area contributed by atoms with E-state index in [0.717, 1.165) is 11.3 Å². The van der Waals surface area contributed by atoms with Gasteiger partial charge in [0, 0.05) is 24.1 Å². The van der Waals surface area contributed by atoms with Crippen LogP contribution in [0.15, 0.2) is 26.6 Å². The highest BCUT2D eigenvalue weighted by Gasteiger charge is 2.47. The normalized spacial score (nSPS) is 34.9. The highest BCUT2D eigenvalue weighted by atomic mass is 19.3. The lowest BCUT2D eigenvalue weighted by molar-refractivity contribution is -0.147. The molecule has 0 aliphatic carbocycles. The summed E-state index contributed by atoms with van der Waals surface area (Å²) in [4.78, 5) is 28.7. The van der Waals surface area contributed by atoms with Gasteiger partial charge in [-0.25, -0.2) is 0 Å². The molecule has 0 radical (unpaired) electrons. The average Bonchev–Trinajstić information content (AvgIpc) is 3.10. The van der Waals surface area contributed by atoms with E-state index in [1.54, 1.807) is 12.3 Å². The van der Waals surface area contributed by atoms with Crippen molar-refractivity contribution >= 4 is 24.0 Å². The van der Waals surface area contributed by atoms with Crippen molar-refractivity contribution in [1.82, 2.24) is 4.90 Å². The number of amides is 1. The molecule has 6 atom stereocenters. The Morgan fingerprint density at radius 1 is 1.28 bits per heavy atom. The maximum Gasteiger partial charge on any atom is 0.345 e. The Balaban J connectivity index is 1.52. The molecule has 4 aliphatic heterocycles. The average molecular weight is 446 g/mol. The van der Waals surface area contributed by atoms with Crippen molar-refractivity contribution in [3.05, 3.63) is 11.6 Å². The molecule has 9 heteroatoms. The Kier molecular flexibility index (Phi) is 6.26. The van der Waals surface area contributed by atoms with E-state index in [9.17, 15) is 18.8 Å². The van der Waals surface area contributed by atoms with Crippen molar-refractivity contribution in [2.75, 3.05) is 19.6 Å². The molecule has 0 saturated carbocycles. The number of hydrogen-bond donors (Lipinski definition) is 0. The molecule has 0 aromatic heterocycles. The van der Waals surface area contributed by atoms with Crippen LogP contribution in [-0.4, -0.2) is 73.4 Å². The Labute approximate surface area is 186 Å². The van der Waals surface area contributed by atoms with Gasteiger partial charge in [0.2, 0.25) is 5.91 Å². The zero-order chi connectivity index (χ0) is 23.0. The third-order valence-corrected chi connectivity index (χ3v) is 7.08. The van der Waals surface area contributed by atoms with Gasteiger partial charge < -0.3 is 9.64 Å². The summed E-state index contributed by atoms with van der Waals surface area (Å²) in [6, 6.07) is 2.08. The fourth-order valence-electron chi connectivity index (χ4n) is 5.14. The molecular weight excluding hydrogens is 416 g/mol. The molecule has 172 valence electrons. The van der Waals surface area contributed by atoms with Crippen LogP contribution in [0, 0.1) is 34.5 Å². The Bertz CT molecular complexity index is 920. The molecule has 0 aromatic carbocycles. The zero-order valence-corrected chi connectivity index (χ0v) is 18.6. The second kappa shape index (κ2) is 8.81. The van der Waals surface area contributed by atoms with Gasteiger partial charge in [-0.1, -0.05) is 6.92 Å². The van der Waals surface area contributed by atoms with E-state index in [4.69, 9.17) is 4.99 Å². The first kappa shape index (κ1) is 22.7. The van der Waals surface area contributed by atoms with Crippen molar-refractivity contribution in [2.45, 2.75) is 58.4 Å². The van der Waals surface area contributed by atoms with Crippen molar-refractivity contribution in [3.63, 3.8) is 0 Å². The molecule has 0 spiro atoms. The van der Waals surface area contributed by atoms with E-state index in [0.29, 0.717) is 25.9 Å². The van der Waals surface area contributed by atoms with E-state index >= 15 is 0 Å². The number of ether oxygens (including phenoxy) is 1. The van der Waals surface area contributed by atoms with Crippen molar-refractivity contribution < 1.29 is 18.3 Å². The number of carbonyl (C=O) groups excluding carboxylic acids is 1. The van der Waals surface area contributed by atoms with Crippen LogP contribution in [0.25, 0.3) is 0 Å². The van der Waals surface area contributed by atoms with Gasteiger partial charge in [0.15, 0.2) is 0 Å². The molecule has 32 heavy (non-hydrogen) atoms. The van der Waals surface area contributed by atoms with Crippen molar-refractivity contribution in [2.24, 2.45) is 38.1 Å². The summed E-state index contributed by atoms with van der Waals surface area (Å²) < 4.78 is 29.8. The molecule has 0 bridgehead atoms. The topological polar surface area (TPSA) is 90.4 Å². The predicted octanol–water partition coefficient (Wildman–Crippen LogP) is 2.92. The number of halogens is 2. The quantitative estimate of drug-likeness (QED) is 0.652. The third kappa shape index (κ3) is 4.38. The maximum absolute atomic E-state index is 13.3. The predicted molar refractivity (Wildman–Crippen MR) is 117 cm³/mol. The summed E-state index contributed by atoms with van der Waals surface area (Å²) >= 11 is 0. The van der Waals surface area contributed by atoms with Gasteiger partial charge in [-0.15, -0.1) is 0 Å². The second-order valence-electron chi connectivity index (χ2n) is 9.73. The van der Waals surface area contributed by atoms with Crippen molar-refractivity contribution in [1.29, 1.82) is 5.26 Å². The maximum atomic E-state index is 13.3. The number of fused-ring (bicyclic) bond motifs is 1. The fraction of sp³-hybridized carbons (Fsp3) is 0.696. The van der Waals surface area contributed by atoms with E-state index in [1.165, 1.54) is 0 Å². The Morgan fingerprint density at radius 2 is 2.06 bits per heavy atom. The highest BCUT2D eigenvalue weighted by Crippen LogP contribution is 2.38. The minimum absolute atomic E-state index is 0.0100. The van der Waals surface area contributed by atoms with Crippen LogP contribution in [0.5, 0.6) is 0 Å². The summed E-state index contributed by atoms with van der Waals surface area (Å²) in [5.41, 5.74) is 1.07. The van der Waals surface area contributed by atoms with Crippen LogP contribution < -0.4 is 0 Å². The first-order valence-corrected chi connectivity index (χ1v) is 11.1. The van der Waals surface area contributed by atoms with Crippen LogP contribution >= 0.6 is 0 Å². The molecule has 7 nitrogen and oxygen atoms in total. The summed E-state index contributed by atoms with van der Waals surface area (Å²) in [6.45, 7) is 4.15. The van der Waals surface area contributed by atoms with Gasteiger partial charge in [-0.05, 0) is 44.3 Å². The van der Waals surface area contributed by atoms with Crippen LogP contribution in [0.2, 0.25) is 0 Å². The summed E-state index contributed by atoms with van der Waals surface area (Å²) in [7, 11) is 0. The fourth-order valence-corrected chi connectivity index (χ4v) is 5.14. The van der Waals surface area contributed by atoms with Gasteiger partial charge in [-0.3, -0.25) is 19.8 Å². The van der Waals surface area contributed by atoms with Crippen LogP contribution in [0.1, 0.15) is 33.6 Å². The minimum Gasteiger partial charge on any atom is -0.332 e. The monoisotopic (exact) mass is 445 g/mol. The van der Waals surface area contributed by atoms with Gasteiger partial charge in [0.05, 0.1) is 49.1 Å². The lowest BCUT2D eigenvalue weighted by atomic mass is 9.76. The molecule has 4 aliphatic rings. The number of hydrogen-bond acceptors (Lipinski definition) is 6. The van der Waals surface area contributed by atoms with E-state index < -0.39 is 18.1 Å². The van der Waals surface area contributed by atoms with Gasteiger partial charge >= 0.3 is 6.61 Å². The lowest BCUT2D eigenvalue weighted by Crippen LogP contribution is -2.45. The molecule has 4 rings (SSSR count). The lowest BCUT2D eigenvalue weighted by Gasteiger charge is -2.35. The van der Waals surface area contributed by atoms with E-state index in [1.807, 2.05) is 31.9 Å². The van der Waals surface area contributed by atoms with Gasteiger partial charge in [0.25, 0.3) is 0 Å². The number of alkyl halides is 2. The highest BCUT2D eigenvalue weighted by molar-refractivity contribution is 6.12. The van der Waals surface area contributed by atoms with Crippen LogP contribution in [0.4, 0.5) is 8.78 Å². The number of nitrogens with zero attached hydrogens (tertiary/aromatic N) is 5. The number of dihydropyridines is 1. The first-order valence-electron chi connectivity index (χ1n) is 11.1. The smallest absolute Gasteiger partial charge is 0.332 e. The summed E-state index contributed by atoms with van der Waals surface area (Å²) in [5.74, 6) is -0.109. The van der Waals surface area contributed by atoms with E-state index in [-0.39, 0.29) is 42.3 Å². The molecule has 1 amide bonds. The SMILES string of the molecule is CC1CC(C2=CC(OC(F)F)CN=C2)N=C2CN(C3CN=CC(C(C)(C)C#N)C3)C(=O)C21. The Hall–Kier alpha value is -2.47. The molecule has 1 fully saturated rings. The number of aliphatic imine (C=N–C) groups is 3. The molecule has 1 saturated heterocycles. The molecule has 6 unspecified atom stereocenters. The number of carbonyl (C=O) groups is 1. The van der Waals surface area contributed by atoms with Gasteiger partial charge in [0.1, 0.15) is 6.10 Å². The molecule has 0 N–H and O–H groups in total. The summed E-state index contributed by atoms with van der Waals surface area (Å²) in [5, 5.41) is 9.50. The van der Waals surface area contributed by atoms with Gasteiger partial charge in [-0.2, -0.15) is 14.0 Å². The van der Waals surface area contributed by atoms with Crippen molar-refractivity contribution in [3.8, 4) is 6.07 Å². The molecular formula is C23H29F2N5O2. The van der Waals surface area contributed by atoms with Crippen LogP contribution in [-0.2, 0) is 9.53 Å². The first-order chi connectivity index (χ1) is 15.2. The number of nitriles is 1. The second-order valence-corrected chi connectivity index (χ2v) is 9.73. The minimum atomic E-state index is -2.85. The summed E-state index contributed by atoms with van der Waals surface area (Å²) in [6.07, 6.45) is 5.82.